The Morgan fingerprint density at radius 2 is 1.63 bits per heavy atom. The first-order valence-electron chi connectivity index (χ1n) is 9.32. The maximum atomic E-state index is 12.2. The van der Waals surface area contributed by atoms with Crippen molar-refractivity contribution in [2.45, 2.75) is 18.4 Å². The molecular formula is C21H21FN2O6. The Bertz CT molecular complexity index is 890. The van der Waals surface area contributed by atoms with E-state index in [4.69, 9.17) is 9.84 Å². The molecule has 3 rings (SSSR count). The van der Waals surface area contributed by atoms with Gasteiger partial charge in [-0.05, 0) is 22.3 Å². The molecule has 158 valence electrons. The van der Waals surface area contributed by atoms with Gasteiger partial charge in [0.1, 0.15) is 25.9 Å². The van der Waals surface area contributed by atoms with Gasteiger partial charge in [0.05, 0.1) is 6.42 Å². The van der Waals surface area contributed by atoms with Crippen molar-refractivity contribution in [3.8, 4) is 11.1 Å². The number of hydrogen-bond donors (Lipinski definition) is 3. The molecule has 0 aromatic heterocycles. The standard InChI is InChI=1S/C21H21FN2O6/c22-9-10-30-24-20(27)18(11-19(25)26)23-21(28)29-12-17-15-7-3-1-5-13(15)14-6-2-4-8-16(14)17/h1-8,17-18H,9-12H2,(H,23,28)(H,24,27)(H,25,26). The molecular weight excluding hydrogens is 395 g/mol. The number of fused-ring (bicyclic) bond motifs is 3. The van der Waals surface area contributed by atoms with E-state index in [0.29, 0.717) is 0 Å². The summed E-state index contributed by atoms with van der Waals surface area (Å²) in [6.07, 6.45) is -1.63. The molecule has 30 heavy (non-hydrogen) atoms. The molecule has 0 aliphatic heterocycles. The van der Waals surface area contributed by atoms with E-state index >= 15 is 0 Å². The monoisotopic (exact) mass is 416 g/mol. The van der Waals surface area contributed by atoms with Gasteiger partial charge in [0.25, 0.3) is 5.91 Å². The lowest BCUT2D eigenvalue weighted by molar-refractivity contribution is -0.143. The Kier molecular flexibility index (Phi) is 6.97. The van der Waals surface area contributed by atoms with Gasteiger partial charge in [0.2, 0.25) is 0 Å². The van der Waals surface area contributed by atoms with Gasteiger partial charge < -0.3 is 15.2 Å². The molecule has 1 aliphatic rings. The van der Waals surface area contributed by atoms with E-state index in [9.17, 15) is 18.8 Å². The molecule has 1 aliphatic carbocycles. The van der Waals surface area contributed by atoms with Crippen LogP contribution in [0, 0.1) is 0 Å². The van der Waals surface area contributed by atoms with Crippen LogP contribution in [0.15, 0.2) is 48.5 Å². The minimum atomic E-state index is -1.43. The molecule has 8 nitrogen and oxygen atoms in total. The first kappa shape index (κ1) is 21.3. The molecule has 0 bridgehead atoms. The Labute approximate surface area is 171 Å². The second-order valence-corrected chi connectivity index (χ2v) is 6.62. The Hall–Kier alpha value is -3.46. The smallest absolute Gasteiger partial charge is 0.407 e. The molecule has 2 aromatic rings. The van der Waals surface area contributed by atoms with Crippen molar-refractivity contribution in [1.82, 2.24) is 10.8 Å². The molecule has 9 heteroatoms. The van der Waals surface area contributed by atoms with Gasteiger partial charge in [-0.2, -0.15) is 0 Å². The lowest BCUT2D eigenvalue weighted by Gasteiger charge is -2.18. The Morgan fingerprint density at radius 1 is 1.03 bits per heavy atom. The van der Waals surface area contributed by atoms with Crippen LogP contribution in [0.4, 0.5) is 9.18 Å². The maximum absolute atomic E-state index is 12.2. The number of hydrogen-bond acceptors (Lipinski definition) is 5. The zero-order valence-corrected chi connectivity index (χ0v) is 16.0. The van der Waals surface area contributed by atoms with Crippen LogP contribution in [0.5, 0.6) is 0 Å². The molecule has 1 unspecified atom stereocenters. The van der Waals surface area contributed by atoms with Gasteiger partial charge in [0.15, 0.2) is 0 Å². The number of ether oxygens (including phenoxy) is 1. The van der Waals surface area contributed by atoms with Crippen molar-refractivity contribution in [2.24, 2.45) is 0 Å². The summed E-state index contributed by atoms with van der Waals surface area (Å²) in [6.45, 7) is -1.21. The molecule has 2 aromatic carbocycles. The predicted octanol–water partition coefficient (Wildman–Crippen LogP) is 2.39. The largest absolute Gasteiger partial charge is 0.481 e. The molecule has 0 saturated heterocycles. The fraction of sp³-hybridized carbons (Fsp3) is 0.286. The number of alkyl halides is 1. The van der Waals surface area contributed by atoms with Gasteiger partial charge >= 0.3 is 12.1 Å². The van der Waals surface area contributed by atoms with Gasteiger partial charge in [-0.15, -0.1) is 0 Å². The fourth-order valence-corrected chi connectivity index (χ4v) is 3.40. The zero-order chi connectivity index (χ0) is 21.5. The summed E-state index contributed by atoms with van der Waals surface area (Å²) < 4.78 is 17.4. The highest BCUT2D eigenvalue weighted by Gasteiger charge is 2.30. The lowest BCUT2D eigenvalue weighted by Crippen LogP contribution is -2.48. The van der Waals surface area contributed by atoms with Crippen molar-refractivity contribution in [2.75, 3.05) is 19.9 Å². The summed E-state index contributed by atoms with van der Waals surface area (Å²) in [4.78, 5) is 39.8. The second-order valence-electron chi connectivity index (χ2n) is 6.62. The summed E-state index contributed by atoms with van der Waals surface area (Å²) in [7, 11) is 0. The average Bonchev–Trinajstić information content (AvgIpc) is 3.05. The minimum absolute atomic E-state index is 0.0135. The van der Waals surface area contributed by atoms with Crippen molar-refractivity contribution in [3.05, 3.63) is 59.7 Å². The predicted molar refractivity (Wildman–Crippen MR) is 104 cm³/mol. The topological polar surface area (TPSA) is 114 Å². The summed E-state index contributed by atoms with van der Waals surface area (Å²) in [5.74, 6) is -2.40. The number of carbonyl (C=O) groups is 3. The molecule has 1 atom stereocenters. The number of carbonyl (C=O) groups excluding carboxylic acids is 2. The third-order valence-corrected chi connectivity index (χ3v) is 4.68. The molecule has 0 heterocycles. The quantitative estimate of drug-likeness (QED) is 0.427. The summed E-state index contributed by atoms with van der Waals surface area (Å²) in [5.41, 5.74) is 6.07. The number of halogens is 1. The van der Waals surface area contributed by atoms with Crippen LogP contribution in [0.25, 0.3) is 11.1 Å². The van der Waals surface area contributed by atoms with E-state index in [1.165, 1.54) is 0 Å². The van der Waals surface area contributed by atoms with Gasteiger partial charge in [-0.3, -0.25) is 14.4 Å². The molecule has 0 radical (unpaired) electrons. The van der Waals surface area contributed by atoms with Gasteiger partial charge in [0, 0.05) is 5.92 Å². The van der Waals surface area contributed by atoms with Crippen LogP contribution >= 0.6 is 0 Å². The van der Waals surface area contributed by atoms with Crippen molar-refractivity contribution < 1.29 is 33.5 Å². The highest BCUT2D eigenvalue weighted by molar-refractivity contribution is 5.88. The zero-order valence-electron chi connectivity index (χ0n) is 16.0. The number of aliphatic carboxylic acids is 1. The number of nitrogens with one attached hydrogen (secondary N) is 2. The molecule has 0 spiro atoms. The summed E-state index contributed by atoms with van der Waals surface area (Å²) >= 11 is 0. The van der Waals surface area contributed by atoms with Crippen LogP contribution in [-0.4, -0.2) is 49.0 Å². The number of carboxylic acids is 1. The van der Waals surface area contributed by atoms with Crippen LogP contribution in [0.3, 0.4) is 0 Å². The van der Waals surface area contributed by atoms with E-state index in [1.54, 1.807) is 0 Å². The average molecular weight is 416 g/mol. The Morgan fingerprint density at radius 3 is 2.20 bits per heavy atom. The first-order chi connectivity index (χ1) is 14.5. The van der Waals surface area contributed by atoms with E-state index in [-0.39, 0.29) is 12.5 Å². The third-order valence-electron chi connectivity index (χ3n) is 4.68. The highest BCUT2D eigenvalue weighted by atomic mass is 19.1. The first-order valence-corrected chi connectivity index (χ1v) is 9.32. The van der Waals surface area contributed by atoms with Crippen LogP contribution < -0.4 is 10.8 Å². The number of amides is 2. The van der Waals surface area contributed by atoms with Gasteiger partial charge in [-0.1, -0.05) is 48.5 Å². The molecule has 0 fully saturated rings. The lowest BCUT2D eigenvalue weighted by atomic mass is 9.98. The SMILES string of the molecule is O=C(O)CC(NC(=O)OCC1c2ccccc2-c2ccccc21)C(=O)NOCCF. The van der Waals surface area contributed by atoms with E-state index in [1.807, 2.05) is 54.0 Å². The van der Waals surface area contributed by atoms with E-state index in [2.05, 4.69) is 10.2 Å². The highest BCUT2D eigenvalue weighted by Crippen LogP contribution is 2.44. The number of hydroxylamine groups is 1. The summed E-state index contributed by atoms with van der Waals surface area (Å²) in [5, 5.41) is 11.2. The number of rotatable bonds is 9. The minimum Gasteiger partial charge on any atom is -0.481 e. The maximum Gasteiger partial charge on any atom is 0.407 e. The van der Waals surface area contributed by atoms with Crippen molar-refractivity contribution in [1.29, 1.82) is 0 Å². The van der Waals surface area contributed by atoms with Crippen molar-refractivity contribution in [3.63, 3.8) is 0 Å². The van der Waals surface area contributed by atoms with Crippen LogP contribution in [0.1, 0.15) is 23.5 Å². The fourth-order valence-electron chi connectivity index (χ4n) is 3.40. The summed E-state index contributed by atoms with van der Waals surface area (Å²) in [6, 6.07) is 14.2. The second kappa shape index (κ2) is 9.84. The third kappa shape index (κ3) is 4.93. The number of carboxylic acid groups (broad SMARTS) is 1. The van der Waals surface area contributed by atoms with Gasteiger partial charge in [-0.25, -0.2) is 14.7 Å². The molecule has 0 saturated carbocycles. The molecule has 2 amide bonds. The van der Waals surface area contributed by atoms with E-state index in [0.717, 1.165) is 22.3 Å². The normalized spacial score (nSPS) is 13.1. The van der Waals surface area contributed by atoms with Crippen LogP contribution in [-0.2, 0) is 19.2 Å². The van der Waals surface area contributed by atoms with E-state index < -0.39 is 43.7 Å². The number of alkyl carbamates (subject to hydrolysis) is 1. The Balaban J connectivity index is 1.64. The van der Waals surface area contributed by atoms with Crippen LogP contribution in [0.2, 0.25) is 0 Å². The van der Waals surface area contributed by atoms with Crippen molar-refractivity contribution >= 4 is 18.0 Å². The molecule has 3 N–H and O–H groups in total. The number of benzene rings is 2.